The molecule has 5 nitrogen and oxygen atoms in total. The largest absolute Gasteiger partial charge is 0.387 e. The molecule has 1 aromatic rings. The van der Waals surface area contributed by atoms with Crippen LogP contribution in [0.5, 0.6) is 0 Å². The molecule has 0 radical (unpaired) electrons. The fraction of sp³-hybridized carbons (Fsp3) is 0.700. The molecule has 0 aromatic carbocycles. The van der Waals surface area contributed by atoms with E-state index in [0.717, 1.165) is 0 Å². The zero-order valence-corrected chi connectivity index (χ0v) is 10.6. The lowest BCUT2D eigenvalue weighted by atomic mass is 10.2. The third-order valence-electron chi connectivity index (χ3n) is 2.36. The molecule has 0 bridgehead atoms. The summed E-state index contributed by atoms with van der Waals surface area (Å²) in [5.74, 6) is -0.0164. The fourth-order valence-corrected chi connectivity index (χ4v) is 2.13. The van der Waals surface area contributed by atoms with Crippen molar-refractivity contribution in [3.8, 4) is 0 Å². The molecule has 1 unspecified atom stereocenters. The zero-order chi connectivity index (χ0) is 12.3. The predicted octanol–water partition coefficient (Wildman–Crippen LogP) is 0.932. The van der Waals surface area contributed by atoms with Crippen LogP contribution < -0.4 is 0 Å². The maximum Gasteiger partial charge on any atom is 0.147 e. The summed E-state index contributed by atoms with van der Waals surface area (Å²) in [4.78, 5) is 3.96. The number of sulfone groups is 1. The highest BCUT2D eigenvalue weighted by molar-refractivity contribution is 7.90. The topological polar surface area (TPSA) is 72.2 Å². The molecule has 1 heterocycles. The Morgan fingerprint density at radius 3 is 2.62 bits per heavy atom. The van der Waals surface area contributed by atoms with Gasteiger partial charge in [0.15, 0.2) is 0 Å². The Kier molecular flexibility index (Phi) is 4.09. The highest BCUT2D eigenvalue weighted by atomic mass is 32.2. The van der Waals surface area contributed by atoms with Crippen molar-refractivity contribution in [1.29, 1.82) is 0 Å². The van der Waals surface area contributed by atoms with Crippen molar-refractivity contribution in [3.05, 3.63) is 18.2 Å². The lowest BCUT2D eigenvalue weighted by Gasteiger charge is -2.15. The Labute approximate surface area is 96.0 Å². The van der Waals surface area contributed by atoms with Crippen LogP contribution >= 0.6 is 0 Å². The molecule has 0 spiro atoms. The molecule has 0 aliphatic heterocycles. The average Bonchev–Trinajstić information content (AvgIpc) is 2.61. The Morgan fingerprint density at radius 2 is 2.12 bits per heavy atom. The number of aliphatic hydroxyl groups excluding tert-OH is 1. The summed E-state index contributed by atoms with van der Waals surface area (Å²) in [7, 11) is -3.03. The molecule has 0 saturated carbocycles. The van der Waals surface area contributed by atoms with Crippen molar-refractivity contribution in [3.63, 3.8) is 0 Å². The molecule has 1 atom stereocenters. The van der Waals surface area contributed by atoms with Crippen LogP contribution in [0.2, 0.25) is 0 Å². The third-order valence-corrected chi connectivity index (χ3v) is 3.33. The van der Waals surface area contributed by atoms with Gasteiger partial charge >= 0.3 is 0 Å². The Hall–Kier alpha value is -0.880. The first-order valence-electron chi connectivity index (χ1n) is 5.19. The van der Waals surface area contributed by atoms with E-state index >= 15 is 0 Å². The average molecular weight is 246 g/mol. The molecule has 1 aromatic heterocycles. The molecular weight excluding hydrogens is 228 g/mol. The minimum absolute atomic E-state index is 0.0164. The lowest BCUT2D eigenvalue weighted by molar-refractivity contribution is 0.163. The SMILES string of the molecule is CC(C)n1cncc1C(O)CCS(C)(=O)=O. The monoisotopic (exact) mass is 246 g/mol. The standard InChI is InChI=1S/C10H18N2O3S/c1-8(2)12-7-11-6-9(12)10(13)4-5-16(3,14)15/h6-8,10,13H,4-5H2,1-3H3. The highest BCUT2D eigenvalue weighted by Crippen LogP contribution is 2.20. The second kappa shape index (κ2) is 4.97. The van der Waals surface area contributed by atoms with Crippen molar-refractivity contribution in [2.45, 2.75) is 32.4 Å². The summed E-state index contributed by atoms with van der Waals surface area (Å²) in [6, 6.07) is 0.199. The van der Waals surface area contributed by atoms with E-state index in [1.165, 1.54) is 6.26 Å². The summed E-state index contributed by atoms with van der Waals surface area (Å²) in [6.07, 6.45) is 3.81. The molecule has 0 amide bonds. The Bertz CT molecular complexity index is 437. The van der Waals surface area contributed by atoms with Gasteiger partial charge in [0, 0.05) is 12.3 Å². The number of hydrogen-bond donors (Lipinski definition) is 1. The summed E-state index contributed by atoms with van der Waals surface area (Å²) in [6.45, 7) is 3.96. The van der Waals surface area contributed by atoms with Gasteiger partial charge in [-0.1, -0.05) is 0 Å². The quantitative estimate of drug-likeness (QED) is 0.839. The smallest absolute Gasteiger partial charge is 0.147 e. The molecular formula is C10H18N2O3S. The van der Waals surface area contributed by atoms with Gasteiger partial charge in [0.25, 0.3) is 0 Å². The van der Waals surface area contributed by atoms with E-state index in [1.54, 1.807) is 12.5 Å². The molecule has 0 saturated heterocycles. The van der Waals surface area contributed by atoms with E-state index < -0.39 is 15.9 Å². The van der Waals surface area contributed by atoms with Gasteiger partial charge in [0.2, 0.25) is 0 Å². The minimum Gasteiger partial charge on any atom is -0.387 e. The normalized spacial score (nSPS) is 14.3. The molecule has 0 fully saturated rings. The van der Waals surface area contributed by atoms with Gasteiger partial charge in [-0.2, -0.15) is 0 Å². The van der Waals surface area contributed by atoms with Gasteiger partial charge in [0.05, 0.1) is 30.1 Å². The molecule has 0 aliphatic rings. The van der Waals surface area contributed by atoms with Crippen molar-refractivity contribution >= 4 is 9.84 Å². The van der Waals surface area contributed by atoms with Gasteiger partial charge in [-0.15, -0.1) is 0 Å². The van der Waals surface area contributed by atoms with Crippen molar-refractivity contribution < 1.29 is 13.5 Å². The van der Waals surface area contributed by atoms with Gasteiger partial charge < -0.3 is 9.67 Å². The van der Waals surface area contributed by atoms with Crippen LogP contribution in [0.15, 0.2) is 12.5 Å². The number of aliphatic hydroxyl groups is 1. The first-order chi connectivity index (χ1) is 7.31. The van der Waals surface area contributed by atoms with E-state index in [-0.39, 0.29) is 18.2 Å². The predicted molar refractivity (Wildman–Crippen MR) is 61.9 cm³/mol. The molecule has 6 heteroatoms. The number of imidazole rings is 1. The summed E-state index contributed by atoms with van der Waals surface area (Å²) < 4.78 is 23.8. The van der Waals surface area contributed by atoms with E-state index in [1.807, 2.05) is 18.4 Å². The number of aromatic nitrogens is 2. The van der Waals surface area contributed by atoms with Gasteiger partial charge in [-0.05, 0) is 20.3 Å². The van der Waals surface area contributed by atoms with Crippen LogP contribution in [-0.4, -0.2) is 35.1 Å². The van der Waals surface area contributed by atoms with Crippen LogP contribution in [-0.2, 0) is 9.84 Å². The minimum atomic E-state index is -3.03. The maximum atomic E-state index is 11.0. The van der Waals surface area contributed by atoms with Crippen LogP contribution in [0.4, 0.5) is 0 Å². The van der Waals surface area contributed by atoms with Crippen molar-refractivity contribution in [1.82, 2.24) is 9.55 Å². The Balaban J connectivity index is 2.73. The second-order valence-corrected chi connectivity index (χ2v) is 6.51. The first kappa shape index (κ1) is 13.2. The van der Waals surface area contributed by atoms with Crippen LogP contribution in [0, 0.1) is 0 Å². The molecule has 1 rings (SSSR count). The van der Waals surface area contributed by atoms with E-state index in [0.29, 0.717) is 5.69 Å². The number of rotatable bonds is 5. The highest BCUT2D eigenvalue weighted by Gasteiger charge is 2.16. The van der Waals surface area contributed by atoms with Crippen molar-refractivity contribution in [2.75, 3.05) is 12.0 Å². The van der Waals surface area contributed by atoms with Gasteiger partial charge in [-0.3, -0.25) is 0 Å². The summed E-state index contributed by atoms with van der Waals surface area (Å²) in [5, 5.41) is 9.88. The molecule has 92 valence electrons. The summed E-state index contributed by atoms with van der Waals surface area (Å²) >= 11 is 0. The number of hydrogen-bond acceptors (Lipinski definition) is 4. The van der Waals surface area contributed by atoms with Crippen LogP contribution in [0.3, 0.4) is 0 Å². The van der Waals surface area contributed by atoms with E-state index in [9.17, 15) is 13.5 Å². The lowest BCUT2D eigenvalue weighted by Crippen LogP contribution is -2.13. The Morgan fingerprint density at radius 1 is 1.50 bits per heavy atom. The van der Waals surface area contributed by atoms with Crippen LogP contribution in [0.25, 0.3) is 0 Å². The van der Waals surface area contributed by atoms with E-state index in [2.05, 4.69) is 4.98 Å². The van der Waals surface area contributed by atoms with Gasteiger partial charge in [0.1, 0.15) is 9.84 Å². The first-order valence-corrected chi connectivity index (χ1v) is 7.25. The fourth-order valence-electron chi connectivity index (χ4n) is 1.48. The number of nitrogens with zero attached hydrogens (tertiary/aromatic N) is 2. The molecule has 1 N–H and O–H groups in total. The second-order valence-electron chi connectivity index (χ2n) is 4.25. The van der Waals surface area contributed by atoms with Crippen molar-refractivity contribution in [2.24, 2.45) is 0 Å². The van der Waals surface area contributed by atoms with Crippen LogP contribution in [0.1, 0.15) is 38.1 Å². The molecule has 16 heavy (non-hydrogen) atoms. The maximum absolute atomic E-state index is 11.0. The van der Waals surface area contributed by atoms with Gasteiger partial charge in [-0.25, -0.2) is 13.4 Å². The molecule has 0 aliphatic carbocycles. The van der Waals surface area contributed by atoms with E-state index in [4.69, 9.17) is 0 Å². The zero-order valence-electron chi connectivity index (χ0n) is 9.79. The third kappa shape index (κ3) is 3.61. The summed E-state index contributed by atoms with van der Waals surface area (Å²) in [5.41, 5.74) is 0.665.